The highest BCUT2D eigenvalue weighted by atomic mass is 35.5. The summed E-state index contributed by atoms with van der Waals surface area (Å²) in [4.78, 5) is 0. The second-order valence-electron chi connectivity index (χ2n) is 5.68. The molecule has 0 spiro atoms. The van der Waals surface area contributed by atoms with Gasteiger partial charge in [-0.15, -0.1) is 0 Å². The van der Waals surface area contributed by atoms with Gasteiger partial charge < -0.3 is 35.3 Å². The van der Waals surface area contributed by atoms with E-state index in [-0.39, 0.29) is 22.6 Å². The molecular formula is C15H33ClN7PS2. The SMILES string of the molecule is CN(C)[P+](Cc1ccccc1)(N(C)C)N(C)C.NC(N)=S.NC(N)=S.[Cl-]. The fourth-order valence-corrected chi connectivity index (χ4v) is 6.02. The van der Waals surface area contributed by atoms with Crippen molar-refractivity contribution >= 4 is 42.4 Å². The lowest BCUT2D eigenvalue weighted by Crippen LogP contribution is -3.00. The van der Waals surface area contributed by atoms with Crippen LogP contribution in [0.25, 0.3) is 0 Å². The molecule has 26 heavy (non-hydrogen) atoms. The first kappa shape index (κ1) is 29.9. The molecular weight excluding hydrogens is 409 g/mol. The Labute approximate surface area is 175 Å². The lowest BCUT2D eigenvalue weighted by molar-refractivity contribution is -0.00000589. The Morgan fingerprint density at radius 3 is 1.27 bits per heavy atom. The van der Waals surface area contributed by atoms with E-state index in [0.717, 1.165) is 6.16 Å². The average Bonchev–Trinajstić information content (AvgIpc) is 2.43. The molecule has 1 aromatic carbocycles. The van der Waals surface area contributed by atoms with Crippen molar-refractivity contribution in [3.8, 4) is 0 Å². The molecule has 0 unspecified atom stereocenters. The van der Waals surface area contributed by atoms with Gasteiger partial charge in [-0.1, -0.05) is 30.3 Å². The number of benzene rings is 1. The van der Waals surface area contributed by atoms with E-state index in [1.807, 2.05) is 0 Å². The molecule has 0 heterocycles. The van der Waals surface area contributed by atoms with Crippen LogP contribution in [0.3, 0.4) is 0 Å². The molecule has 0 atom stereocenters. The standard InChI is InChI=1S/C13H25N3P.2CH4N2S.ClH/c1-14(2)17(15(3)4,16(5)6)12-13-10-8-7-9-11-13;2*2-1(3)4;/h7-11H,12H2,1-6H3;2*(H4,2,3,4);1H/q+1;;;/p-1. The van der Waals surface area contributed by atoms with Crippen molar-refractivity contribution in [2.75, 3.05) is 42.3 Å². The molecule has 0 aliphatic heterocycles. The maximum atomic E-state index is 4.62. The van der Waals surface area contributed by atoms with Crippen LogP contribution in [0.15, 0.2) is 30.3 Å². The van der Waals surface area contributed by atoms with E-state index >= 15 is 0 Å². The molecule has 0 radical (unpaired) electrons. The highest BCUT2D eigenvalue weighted by Gasteiger charge is 2.47. The minimum Gasteiger partial charge on any atom is -1.00 e. The Kier molecular flexibility index (Phi) is 17.6. The third kappa shape index (κ3) is 12.5. The molecule has 1 rings (SSSR count). The molecule has 0 amide bonds. The van der Waals surface area contributed by atoms with Gasteiger partial charge in [0.15, 0.2) is 10.2 Å². The summed E-state index contributed by atoms with van der Waals surface area (Å²) in [5, 5.41) is 0.000000000000000444. The van der Waals surface area contributed by atoms with E-state index in [1.165, 1.54) is 5.56 Å². The van der Waals surface area contributed by atoms with Crippen LogP contribution >= 0.6 is 32.2 Å². The van der Waals surface area contributed by atoms with E-state index in [2.05, 4.69) is 134 Å². The minimum atomic E-state index is -1.43. The van der Waals surface area contributed by atoms with E-state index in [1.54, 1.807) is 0 Å². The molecule has 0 aromatic heterocycles. The molecule has 8 N–H and O–H groups in total. The highest BCUT2D eigenvalue weighted by molar-refractivity contribution is 7.80. The minimum absolute atomic E-state index is 0. The van der Waals surface area contributed by atoms with Gasteiger partial charge >= 0.3 is 0 Å². The predicted molar refractivity (Wildman–Crippen MR) is 120 cm³/mol. The Bertz CT molecular complexity index is 474. The van der Waals surface area contributed by atoms with E-state index in [0.29, 0.717) is 0 Å². The van der Waals surface area contributed by atoms with Gasteiger partial charge in [0.2, 0.25) is 7.71 Å². The normalized spacial score (nSPS) is 10.2. The van der Waals surface area contributed by atoms with Crippen molar-refractivity contribution < 1.29 is 12.4 Å². The van der Waals surface area contributed by atoms with Crippen LogP contribution in [-0.2, 0) is 6.16 Å². The first-order valence-electron chi connectivity index (χ1n) is 7.43. The number of halogens is 1. The lowest BCUT2D eigenvalue weighted by atomic mass is 10.2. The van der Waals surface area contributed by atoms with Gasteiger partial charge in [-0.3, -0.25) is 0 Å². The molecule has 11 heteroatoms. The molecule has 0 aliphatic rings. The zero-order valence-electron chi connectivity index (χ0n) is 16.4. The van der Waals surface area contributed by atoms with E-state index in [4.69, 9.17) is 0 Å². The van der Waals surface area contributed by atoms with Crippen molar-refractivity contribution in [3.05, 3.63) is 35.9 Å². The van der Waals surface area contributed by atoms with Gasteiger partial charge in [0.1, 0.15) is 6.16 Å². The Morgan fingerprint density at radius 2 is 1.04 bits per heavy atom. The second kappa shape index (κ2) is 15.3. The maximum Gasteiger partial charge on any atom is 0.230 e. The zero-order chi connectivity index (χ0) is 20.2. The van der Waals surface area contributed by atoms with Crippen LogP contribution in [0.5, 0.6) is 0 Å². The quantitative estimate of drug-likeness (QED) is 0.304. The third-order valence-electron chi connectivity index (χ3n) is 3.16. The Morgan fingerprint density at radius 1 is 0.769 bits per heavy atom. The summed E-state index contributed by atoms with van der Waals surface area (Å²) in [6.45, 7) is 0. The lowest BCUT2D eigenvalue weighted by Gasteiger charge is -2.40. The number of nitrogens with zero attached hydrogens (tertiary/aromatic N) is 3. The number of hydrogen-bond donors (Lipinski definition) is 4. The van der Waals surface area contributed by atoms with Crippen LogP contribution < -0.4 is 35.3 Å². The van der Waals surface area contributed by atoms with Gasteiger partial charge in [-0.2, -0.15) is 14.0 Å². The van der Waals surface area contributed by atoms with Gasteiger partial charge in [0.25, 0.3) is 0 Å². The molecule has 7 nitrogen and oxygen atoms in total. The average molecular weight is 442 g/mol. The summed E-state index contributed by atoms with van der Waals surface area (Å²) in [5.74, 6) is 0. The van der Waals surface area contributed by atoms with Crippen LogP contribution in [-0.4, -0.2) is 66.5 Å². The molecule has 0 fully saturated rings. The summed E-state index contributed by atoms with van der Waals surface area (Å²) >= 11 is 8.19. The van der Waals surface area contributed by atoms with Crippen LogP contribution in [0, 0.1) is 0 Å². The zero-order valence-corrected chi connectivity index (χ0v) is 19.7. The number of nitrogens with two attached hydrogens (primary N) is 4. The van der Waals surface area contributed by atoms with Gasteiger partial charge in [-0.05, 0) is 30.0 Å². The van der Waals surface area contributed by atoms with Gasteiger partial charge in [0, 0.05) is 42.3 Å². The fraction of sp³-hybridized carbons (Fsp3) is 0.467. The largest absolute Gasteiger partial charge is 1.00 e. The van der Waals surface area contributed by atoms with Crippen molar-refractivity contribution in [3.63, 3.8) is 0 Å². The summed E-state index contributed by atoms with van der Waals surface area (Å²) < 4.78 is 7.12. The fourth-order valence-electron chi connectivity index (χ4n) is 2.33. The third-order valence-corrected chi connectivity index (χ3v) is 7.79. The molecule has 152 valence electrons. The van der Waals surface area contributed by atoms with E-state index < -0.39 is 7.71 Å². The second-order valence-corrected chi connectivity index (χ2v) is 10.7. The first-order chi connectivity index (χ1) is 11.4. The Hall–Kier alpha value is -0.800. The van der Waals surface area contributed by atoms with Crippen molar-refractivity contribution in [2.24, 2.45) is 22.9 Å². The van der Waals surface area contributed by atoms with Crippen LogP contribution in [0.4, 0.5) is 0 Å². The number of rotatable bonds is 5. The van der Waals surface area contributed by atoms with Crippen molar-refractivity contribution in [2.45, 2.75) is 6.16 Å². The Balaban J connectivity index is -0.000000497. The molecule has 0 saturated carbocycles. The smallest absolute Gasteiger partial charge is 0.230 e. The maximum absolute atomic E-state index is 4.62. The predicted octanol–water partition coefficient (Wildman–Crippen LogP) is -1.98. The molecule has 0 aliphatic carbocycles. The summed E-state index contributed by atoms with van der Waals surface area (Å²) in [7, 11) is 11.6. The number of thiocarbonyl (C=S) groups is 2. The van der Waals surface area contributed by atoms with Crippen LogP contribution in [0.2, 0.25) is 0 Å². The molecule has 0 saturated heterocycles. The number of hydrogen-bond acceptors (Lipinski definition) is 5. The first-order valence-corrected chi connectivity index (χ1v) is 10.1. The monoisotopic (exact) mass is 441 g/mol. The van der Waals surface area contributed by atoms with Gasteiger partial charge in [-0.25, -0.2) is 0 Å². The summed E-state index contributed by atoms with van der Waals surface area (Å²) in [6, 6.07) is 10.7. The van der Waals surface area contributed by atoms with Crippen molar-refractivity contribution in [1.82, 2.24) is 14.0 Å². The topological polar surface area (TPSA) is 114 Å². The highest BCUT2D eigenvalue weighted by Crippen LogP contribution is 2.65. The summed E-state index contributed by atoms with van der Waals surface area (Å²) in [6.07, 6.45) is 1.08. The van der Waals surface area contributed by atoms with E-state index in [9.17, 15) is 0 Å². The summed E-state index contributed by atoms with van der Waals surface area (Å²) in [5.41, 5.74) is 19.9. The van der Waals surface area contributed by atoms with Crippen LogP contribution in [0.1, 0.15) is 5.56 Å². The molecule has 1 aromatic rings. The van der Waals surface area contributed by atoms with Gasteiger partial charge in [0.05, 0.1) is 0 Å². The molecule has 0 bridgehead atoms. The van der Waals surface area contributed by atoms with Crippen molar-refractivity contribution in [1.29, 1.82) is 0 Å².